The lowest BCUT2D eigenvalue weighted by Gasteiger charge is -2.18. The van der Waals surface area contributed by atoms with Gasteiger partial charge in [-0.05, 0) is 37.4 Å². The Labute approximate surface area is 96.1 Å². The lowest BCUT2D eigenvalue weighted by Crippen LogP contribution is -2.24. The summed E-state index contributed by atoms with van der Waals surface area (Å²) in [6.45, 7) is 6.03. The third kappa shape index (κ3) is 3.65. The van der Waals surface area contributed by atoms with Crippen LogP contribution in [0.25, 0.3) is 0 Å². The molecule has 1 unspecified atom stereocenters. The molecule has 0 N–H and O–H groups in total. The Hall–Kier alpha value is -0.850. The number of thiophene rings is 1. The number of nitriles is 1. The van der Waals surface area contributed by atoms with Crippen LogP contribution in [0.4, 0.5) is 0 Å². The van der Waals surface area contributed by atoms with Crippen molar-refractivity contribution < 1.29 is 0 Å². The average Bonchev–Trinajstić information content (AvgIpc) is 2.61. The van der Waals surface area contributed by atoms with Crippen LogP contribution in [0.2, 0.25) is 0 Å². The first-order valence-electron chi connectivity index (χ1n) is 5.28. The van der Waals surface area contributed by atoms with Crippen molar-refractivity contribution in [1.29, 1.82) is 5.26 Å². The molecule has 15 heavy (non-hydrogen) atoms. The molecule has 1 atom stereocenters. The lowest BCUT2D eigenvalue weighted by atomic mass is 10.1. The molecule has 82 valence electrons. The summed E-state index contributed by atoms with van der Waals surface area (Å²) in [5.41, 5.74) is 1.36. The summed E-state index contributed by atoms with van der Waals surface area (Å²) >= 11 is 1.80. The van der Waals surface area contributed by atoms with Gasteiger partial charge in [-0.15, -0.1) is 11.3 Å². The molecule has 0 bridgehead atoms. The maximum Gasteiger partial charge on any atom is 0.0669 e. The third-order valence-electron chi connectivity index (χ3n) is 2.59. The molecule has 3 heteroatoms. The van der Waals surface area contributed by atoms with E-state index in [-0.39, 0.29) is 5.92 Å². The van der Waals surface area contributed by atoms with E-state index in [4.69, 9.17) is 5.26 Å². The van der Waals surface area contributed by atoms with E-state index in [0.29, 0.717) is 0 Å². The topological polar surface area (TPSA) is 27.0 Å². The molecule has 2 nitrogen and oxygen atoms in total. The molecule has 1 aromatic rings. The van der Waals surface area contributed by atoms with Gasteiger partial charge in [-0.2, -0.15) is 5.26 Å². The number of rotatable bonds is 5. The molecule has 1 rings (SSSR count). The molecule has 0 radical (unpaired) electrons. The highest BCUT2D eigenvalue weighted by Crippen LogP contribution is 2.17. The minimum Gasteiger partial charge on any atom is -0.300 e. The Kier molecular flexibility index (Phi) is 4.80. The van der Waals surface area contributed by atoms with Gasteiger partial charge in [-0.25, -0.2) is 0 Å². The molecule has 1 heterocycles. The van der Waals surface area contributed by atoms with Gasteiger partial charge < -0.3 is 0 Å². The molecule has 0 aliphatic carbocycles. The molecule has 0 fully saturated rings. The summed E-state index contributed by atoms with van der Waals surface area (Å²) in [5, 5.41) is 11.0. The van der Waals surface area contributed by atoms with Crippen LogP contribution in [0.3, 0.4) is 0 Å². The minimum atomic E-state index is 0.162. The fraction of sp³-hybridized carbons (Fsp3) is 0.583. The summed E-state index contributed by atoms with van der Waals surface area (Å²) in [7, 11) is 2.08. The molecule has 0 amide bonds. The summed E-state index contributed by atoms with van der Waals surface area (Å²) in [5.74, 6) is 0.162. The van der Waals surface area contributed by atoms with Crippen molar-refractivity contribution in [3.05, 3.63) is 21.9 Å². The lowest BCUT2D eigenvalue weighted by molar-refractivity contribution is 0.294. The van der Waals surface area contributed by atoms with Gasteiger partial charge in [-0.1, -0.05) is 6.92 Å². The van der Waals surface area contributed by atoms with E-state index >= 15 is 0 Å². The van der Waals surface area contributed by atoms with Gasteiger partial charge in [0.2, 0.25) is 0 Å². The van der Waals surface area contributed by atoms with Crippen LogP contribution in [-0.4, -0.2) is 18.5 Å². The monoisotopic (exact) mass is 222 g/mol. The summed E-state index contributed by atoms with van der Waals surface area (Å²) < 4.78 is 0. The second kappa shape index (κ2) is 5.89. The Morgan fingerprint density at radius 1 is 1.60 bits per heavy atom. The van der Waals surface area contributed by atoms with E-state index in [1.165, 1.54) is 10.4 Å². The predicted molar refractivity (Wildman–Crippen MR) is 64.8 cm³/mol. The van der Waals surface area contributed by atoms with E-state index in [0.717, 1.165) is 19.5 Å². The SMILES string of the molecule is CCC(C#N)CN(C)Cc1sccc1C. The van der Waals surface area contributed by atoms with Gasteiger partial charge in [0.1, 0.15) is 0 Å². The van der Waals surface area contributed by atoms with Crippen molar-refractivity contribution in [2.75, 3.05) is 13.6 Å². The molecule has 0 saturated heterocycles. The highest BCUT2D eigenvalue weighted by atomic mass is 32.1. The van der Waals surface area contributed by atoms with Gasteiger partial charge in [-0.3, -0.25) is 4.90 Å². The maximum absolute atomic E-state index is 8.88. The van der Waals surface area contributed by atoms with Crippen LogP contribution in [0.1, 0.15) is 23.8 Å². The van der Waals surface area contributed by atoms with Gasteiger partial charge in [0.05, 0.1) is 12.0 Å². The van der Waals surface area contributed by atoms with Crippen LogP contribution >= 0.6 is 11.3 Å². The normalized spacial score (nSPS) is 12.7. The Morgan fingerprint density at radius 3 is 2.80 bits per heavy atom. The fourth-order valence-electron chi connectivity index (χ4n) is 1.51. The van der Waals surface area contributed by atoms with Crippen LogP contribution < -0.4 is 0 Å². The van der Waals surface area contributed by atoms with Crippen LogP contribution in [0.15, 0.2) is 11.4 Å². The molecule has 1 aromatic heterocycles. The van der Waals surface area contributed by atoms with Crippen LogP contribution in [0, 0.1) is 24.2 Å². The highest BCUT2D eigenvalue weighted by molar-refractivity contribution is 7.10. The maximum atomic E-state index is 8.88. The average molecular weight is 222 g/mol. The molecule has 0 saturated carbocycles. The van der Waals surface area contributed by atoms with Crippen LogP contribution in [0.5, 0.6) is 0 Å². The minimum absolute atomic E-state index is 0.162. The number of nitrogens with zero attached hydrogens (tertiary/aromatic N) is 2. The highest BCUT2D eigenvalue weighted by Gasteiger charge is 2.10. The smallest absolute Gasteiger partial charge is 0.0669 e. The zero-order valence-electron chi connectivity index (χ0n) is 9.66. The second-order valence-electron chi connectivity index (χ2n) is 3.96. The number of hydrogen-bond donors (Lipinski definition) is 0. The van der Waals surface area contributed by atoms with Gasteiger partial charge in [0.15, 0.2) is 0 Å². The van der Waals surface area contributed by atoms with Gasteiger partial charge in [0.25, 0.3) is 0 Å². The summed E-state index contributed by atoms with van der Waals surface area (Å²) in [6, 6.07) is 4.49. The quantitative estimate of drug-likeness (QED) is 0.765. The van der Waals surface area contributed by atoms with Crippen molar-refractivity contribution in [3.63, 3.8) is 0 Å². The zero-order valence-corrected chi connectivity index (χ0v) is 10.5. The van der Waals surface area contributed by atoms with Crippen molar-refractivity contribution in [3.8, 4) is 6.07 Å². The van der Waals surface area contributed by atoms with E-state index in [2.05, 4.69) is 43.3 Å². The molecular weight excluding hydrogens is 204 g/mol. The third-order valence-corrected chi connectivity index (χ3v) is 3.60. The standard InChI is InChI=1S/C12H18N2S/c1-4-11(7-13)8-14(3)9-12-10(2)5-6-15-12/h5-6,11H,4,8-9H2,1-3H3. The van der Waals surface area contributed by atoms with Gasteiger partial charge >= 0.3 is 0 Å². The Morgan fingerprint density at radius 2 is 2.33 bits per heavy atom. The molecule has 0 aliphatic rings. The van der Waals surface area contributed by atoms with Crippen molar-refractivity contribution >= 4 is 11.3 Å². The first kappa shape index (κ1) is 12.2. The first-order chi connectivity index (χ1) is 7.17. The van der Waals surface area contributed by atoms with Crippen LogP contribution in [-0.2, 0) is 6.54 Å². The zero-order chi connectivity index (χ0) is 11.3. The summed E-state index contributed by atoms with van der Waals surface area (Å²) in [6.07, 6.45) is 0.935. The molecule has 0 spiro atoms. The van der Waals surface area contributed by atoms with E-state index in [9.17, 15) is 0 Å². The molecule has 0 aromatic carbocycles. The Balaban J connectivity index is 2.46. The molecular formula is C12H18N2S. The second-order valence-corrected chi connectivity index (χ2v) is 4.96. The van der Waals surface area contributed by atoms with E-state index in [1.54, 1.807) is 11.3 Å². The van der Waals surface area contributed by atoms with E-state index in [1.807, 2.05) is 0 Å². The first-order valence-corrected chi connectivity index (χ1v) is 6.16. The largest absolute Gasteiger partial charge is 0.300 e. The van der Waals surface area contributed by atoms with Gasteiger partial charge in [0, 0.05) is 18.0 Å². The van der Waals surface area contributed by atoms with Crippen molar-refractivity contribution in [2.45, 2.75) is 26.8 Å². The fourth-order valence-corrected chi connectivity index (χ4v) is 2.50. The summed E-state index contributed by atoms with van der Waals surface area (Å²) in [4.78, 5) is 3.64. The number of aryl methyl sites for hydroxylation is 1. The van der Waals surface area contributed by atoms with Crippen molar-refractivity contribution in [2.24, 2.45) is 5.92 Å². The van der Waals surface area contributed by atoms with Crippen molar-refractivity contribution in [1.82, 2.24) is 4.90 Å². The van der Waals surface area contributed by atoms with E-state index < -0.39 is 0 Å². The Bertz CT molecular complexity index is 338. The number of hydrogen-bond acceptors (Lipinski definition) is 3. The molecule has 0 aliphatic heterocycles. The predicted octanol–water partition coefficient (Wildman–Crippen LogP) is 3.04.